The third-order valence-corrected chi connectivity index (χ3v) is 3.03. The highest BCUT2D eigenvalue weighted by Gasteiger charge is 2.33. The smallest absolute Gasteiger partial charge is 0.338 e. The maximum absolute atomic E-state index is 12.2. The molecule has 1 aromatic heterocycles. The molecule has 108 valence electrons. The van der Waals surface area contributed by atoms with Crippen molar-refractivity contribution in [3.8, 4) is 0 Å². The molecule has 1 atom stereocenters. The molecule has 1 unspecified atom stereocenters. The summed E-state index contributed by atoms with van der Waals surface area (Å²) in [7, 11) is 0. The molecule has 0 bridgehead atoms. The van der Waals surface area contributed by atoms with Crippen molar-refractivity contribution < 1.29 is 18.7 Å². The zero-order chi connectivity index (χ0) is 14.5. The standard InChI is InChI=1S/C14H18N2O4/c1-3-5-10-11(13(17)20-4-2)12(16-14(18)15-10)9-6-7-19-8-9/h6-8,12H,3-5H2,1-2H3,(H2,15,16,18). The van der Waals surface area contributed by atoms with Gasteiger partial charge < -0.3 is 19.8 Å². The van der Waals surface area contributed by atoms with Crippen molar-refractivity contribution in [2.75, 3.05) is 6.61 Å². The van der Waals surface area contributed by atoms with Crippen LogP contribution in [-0.4, -0.2) is 18.6 Å². The SMILES string of the molecule is CCCC1=C(C(=O)OCC)C(c2ccoc2)NC(=O)N1. The van der Waals surface area contributed by atoms with Gasteiger partial charge >= 0.3 is 12.0 Å². The predicted octanol–water partition coefficient (Wildman–Crippen LogP) is 2.25. The first-order valence-electron chi connectivity index (χ1n) is 6.67. The second-order valence-electron chi connectivity index (χ2n) is 4.45. The molecule has 6 nitrogen and oxygen atoms in total. The van der Waals surface area contributed by atoms with Crippen LogP contribution < -0.4 is 10.6 Å². The fourth-order valence-corrected chi connectivity index (χ4v) is 2.20. The van der Waals surface area contributed by atoms with E-state index in [0.29, 0.717) is 17.7 Å². The number of carbonyl (C=O) groups excluding carboxylic acids is 2. The van der Waals surface area contributed by atoms with E-state index in [1.165, 1.54) is 12.5 Å². The van der Waals surface area contributed by atoms with E-state index in [1.807, 2.05) is 6.92 Å². The largest absolute Gasteiger partial charge is 0.472 e. The Balaban J connectivity index is 2.43. The molecule has 2 amide bonds. The number of ether oxygens (including phenoxy) is 1. The van der Waals surface area contributed by atoms with Crippen LogP contribution >= 0.6 is 0 Å². The predicted molar refractivity (Wildman–Crippen MR) is 71.7 cm³/mol. The van der Waals surface area contributed by atoms with E-state index in [9.17, 15) is 9.59 Å². The van der Waals surface area contributed by atoms with Crippen molar-refractivity contribution in [1.29, 1.82) is 0 Å². The highest BCUT2D eigenvalue weighted by atomic mass is 16.5. The minimum absolute atomic E-state index is 0.286. The minimum Gasteiger partial charge on any atom is -0.472 e. The number of nitrogens with one attached hydrogen (secondary N) is 2. The fourth-order valence-electron chi connectivity index (χ4n) is 2.20. The van der Waals surface area contributed by atoms with E-state index in [2.05, 4.69) is 10.6 Å². The lowest BCUT2D eigenvalue weighted by atomic mass is 9.95. The van der Waals surface area contributed by atoms with Crippen LogP contribution in [0.5, 0.6) is 0 Å². The Morgan fingerprint density at radius 1 is 1.45 bits per heavy atom. The molecule has 2 heterocycles. The van der Waals surface area contributed by atoms with Gasteiger partial charge in [-0.1, -0.05) is 13.3 Å². The number of urea groups is 1. The average molecular weight is 278 g/mol. The first kappa shape index (κ1) is 14.2. The number of carbonyl (C=O) groups is 2. The molecule has 0 aliphatic carbocycles. The molecular weight excluding hydrogens is 260 g/mol. The van der Waals surface area contributed by atoms with Gasteiger partial charge in [-0.05, 0) is 19.4 Å². The van der Waals surface area contributed by atoms with Crippen LogP contribution in [0.15, 0.2) is 34.3 Å². The summed E-state index contributed by atoms with van der Waals surface area (Å²) in [4.78, 5) is 23.9. The van der Waals surface area contributed by atoms with E-state index < -0.39 is 12.0 Å². The summed E-state index contributed by atoms with van der Waals surface area (Å²) in [6.45, 7) is 4.02. The molecule has 20 heavy (non-hydrogen) atoms. The normalized spacial score (nSPS) is 18.5. The van der Waals surface area contributed by atoms with Crippen LogP contribution in [-0.2, 0) is 9.53 Å². The van der Waals surface area contributed by atoms with Crippen molar-refractivity contribution in [2.45, 2.75) is 32.7 Å². The van der Waals surface area contributed by atoms with Crippen molar-refractivity contribution in [2.24, 2.45) is 0 Å². The number of esters is 1. The Hall–Kier alpha value is -2.24. The molecule has 0 radical (unpaired) electrons. The molecule has 0 spiro atoms. The van der Waals surface area contributed by atoms with Crippen LogP contribution in [0.1, 0.15) is 38.3 Å². The van der Waals surface area contributed by atoms with Gasteiger partial charge in [0.15, 0.2) is 0 Å². The zero-order valence-electron chi connectivity index (χ0n) is 11.6. The van der Waals surface area contributed by atoms with Crippen LogP contribution in [0, 0.1) is 0 Å². The van der Waals surface area contributed by atoms with Gasteiger partial charge in [-0.2, -0.15) is 0 Å². The van der Waals surface area contributed by atoms with Gasteiger partial charge in [0.1, 0.15) is 0 Å². The summed E-state index contributed by atoms with van der Waals surface area (Å²) in [5.74, 6) is -0.422. The van der Waals surface area contributed by atoms with Gasteiger partial charge in [0.25, 0.3) is 0 Å². The molecule has 0 aromatic carbocycles. The lowest BCUT2D eigenvalue weighted by Gasteiger charge is -2.28. The molecule has 0 fully saturated rings. The molecular formula is C14H18N2O4. The van der Waals surface area contributed by atoms with Gasteiger partial charge in [-0.25, -0.2) is 9.59 Å². The summed E-state index contributed by atoms with van der Waals surface area (Å²) >= 11 is 0. The van der Waals surface area contributed by atoms with Crippen molar-refractivity contribution in [3.63, 3.8) is 0 Å². The minimum atomic E-state index is -0.539. The summed E-state index contributed by atoms with van der Waals surface area (Å²) in [5.41, 5.74) is 1.77. The van der Waals surface area contributed by atoms with Crippen molar-refractivity contribution in [1.82, 2.24) is 10.6 Å². The Morgan fingerprint density at radius 2 is 2.25 bits per heavy atom. The van der Waals surface area contributed by atoms with Gasteiger partial charge in [-0.3, -0.25) is 0 Å². The van der Waals surface area contributed by atoms with Crippen molar-refractivity contribution in [3.05, 3.63) is 35.4 Å². The second kappa shape index (κ2) is 6.27. The highest BCUT2D eigenvalue weighted by Crippen LogP contribution is 2.29. The fraction of sp³-hybridized carbons (Fsp3) is 0.429. The van der Waals surface area contributed by atoms with Gasteiger partial charge in [0, 0.05) is 11.3 Å². The maximum atomic E-state index is 12.2. The van der Waals surface area contributed by atoms with Crippen LogP contribution in [0.2, 0.25) is 0 Å². The molecule has 1 aliphatic heterocycles. The average Bonchev–Trinajstić information content (AvgIpc) is 2.92. The molecule has 1 aliphatic rings. The monoisotopic (exact) mass is 278 g/mol. The number of hydrogen-bond donors (Lipinski definition) is 2. The number of allylic oxidation sites excluding steroid dienone is 1. The lowest BCUT2D eigenvalue weighted by molar-refractivity contribution is -0.139. The van der Waals surface area contributed by atoms with Crippen molar-refractivity contribution >= 4 is 12.0 Å². The Kier molecular flexibility index (Phi) is 4.45. The first-order chi connectivity index (χ1) is 9.67. The van der Waals surface area contributed by atoms with E-state index in [-0.39, 0.29) is 12.6 Å². The summed E-state index contributed by atoms with van der Waals surface area (Å²) in [5, 5.41) is 5.42. The third kappa shape index (κ3) is 2.84. The molecule has 2 N–H and O–H groups in total. The number of rotatable bonds is 5. The maximum Gasteiger partial charge on any atom is 0.338 e. The van der Waals surface area contributed by atoms with Crippen LogP contribution in [0.25, 0.3) is 0 Å². The summed E-state index contributed by atoms with van der Waals surface area (Å²) in [6.07, 6.45) is 4.44. The topological polar surface area (TPSA) is 80.6 Å². The van der Waals surface area contributed by atoms with Gasteiger partial charge in [0.2, 0.25) is 0 Å². The number of furan rings is 1. The Morgan fingerprint density at radius 3 is 2.85 bits per heavy atom. The molecule has 0 saturated carbocycles. The van der Waals surface area contributed by atoms with Crippen LogP contribution in [0.4, 0.5) is 4.79 Å². The van der Waals surface area contributed by atoms with E-state index >= 15 is 0 Å². The zero-order valence-corrected chi connectivity index (χ0v) is 11.6. The second-order valence-corrected chi connectivity index (χ2v) is 4.45. The molecule has 2 rings (SSSR count). The Bertz CT molecular complexity index is 519. The molecule has 6 heteroatoms. The number of hydrogen-bond acceptors (Lipinski definition) is 4. The third-order valence-electron chi connectivity index (χ3n) is 3.03. The van der Waals surface area contributed by atoms with E-state index in [0.717, 1.165) is 12.0 Å². The lowest BCUT2D eigenvalue weighted by Crippen LogP contribution is -2.45. The summed E-state index contributed by atoms with van der Waals surface area (Å²) in [6, 6.07) is 0.856. The molecule has 0 saturated heterocycles. The van der Waals surface area contributed by atoms with Gasteiger partial charge in [0.05, 0.1) is 30.7 Å². The molecule has 1 aromatic rings. The highest BCUT2D eigenvalue weighted by molar-refractivity contribution is 5.95. The quantitative estimate of drug-likeness (QED) is 0.809. The van der Waals surface area contributed by atoms with Crippen LogP contribution in [0.3, 0.4) is 0 Å². The van der Waals surface area contributed by atoms with E-state index in [4.69, 9.17) is 9.15 Å². The number of amides is 2. The van der Waals surface area contributed by atoms with E-state index in [1.54, 1.807) is 13.0 Å². The Labute approximate surface area is 117 Å². The summed E-state index contributed by atoms with van der Waals surface area (Å²) < 4.78 is 10.1. The van der Waals surface area contributed by atoms with Gasteiger partial charge in [-0.15, -0.1) is 0 Å². The first-order valence-corrected chi connectivity index (χ1v) is 6.67.